The van der Waals surface area contributed by atoms with Gasteiger partial charge in [0.1, 0.15) is 5.82 Å². The number of carbonyl (C=O) groups excluding carboxylic acids is 2. The number of hydrogen-bond donors (Lipinski definition) is 4. The molecule has 1 fully saturated rings. The molecule has 0 unspecified atom stereocenters. The molecule has 0 saturated carbocycles. The van der Waals surface area contributed by atoms with Crippen molar-refractivity contribution in [1.82, 2.24) is 15.6 Å². The maximum Gasteiger partial charge on any atom is 0.256 e. The highest BCUT2D eigenvalue weighted by Crippen LogP contribution is 2.41. The minimum atomic E-state index is -0.442. The van der Waals surface area contributed by atoms with Gasteiger partial charge in [0.15, 0.2) is 0 Å². The lowest BCUT2D eigenvalue weighted by molar-refractivity contribution is -0.111. The van der Waals surface area contributed by atoms with E-state index in [9.17, 15) is 14.0 Å². The summed E-state index contributed by atoms with van der Waals surface area (Å²) in [5.74, 6) is -0.673. The number of piperidine rings is 1. The number of anilines is 1. The number of benzene rings is 2. The number of carbonyl (C=O) groups is 2. The quantitative estimate of drug-likeness (QED) is 0.140. The van der Waals surface area contributed by atoms with Crippen LogP contribution in [-0.2, 0) is 16.0 Å². The summed E-state index contributed by atoms with van der Waals surface area (Å²) >= 11 is 5.93. The molecule has 0 aliphatic carbocycles. The van der Waals surface area contributed by atoms with Gasteiger partial charge in [0, 0.05) is 39.8 Å². The Bertz CT molecular complexity index is 1330. The molecule has 2 aliphatic heterocycles. The average molecular weight is 567 g/mol. The minimum absolute atomic E-state index is 0.231. The highest BCUT2D eigenvalue weighted by molar-refractivity contribution is 6.36. The molecule has 4 N–H and O–H groups in total. The van der Waals surface area contributed by atoms with E-state index in [1.165, 1.54) is 38.4 Å². The SMILES string of the molecule is C1CCNCC1.CC.Cc1c(/C=C2\C(=O)Nc3cccc(-c4ccc(Cl)cc4F)c32)[nH]c(CCCNC=O)c1C. The van der Waals surface area contributed by atoms with Gasteiger partial charge in [0.05, 0.1) is 5.57 Å². The average Bonchev–Trinajstić information content (AvgIpc) is 3.44. The second-order valence-electron chi connectivity index (χ2n) is 9.62. The van der Waals surface area contributed by atoms with Crippen molar-refractivity contribution in [2.75, 3.05) is 25.0 Å². The topological polar surface area (TPSA) is 86.0 Å². The van der Waals surface area contributed by atoms with E-state index < -0.39 is 5.82 Å². The normalized spacial score (nSPS) is 14.8. The molecule has 5 rings (SSSR count). The molecule has 2 aliphatic rings. The number of aryl methyl sites for hydroxylation is 1. The smallest absolute Gasteiger partial charge is 0.256 e. The molecule has 0 atom stereocenters. The van der Waals surface area contributed by atoms with Gasteiger partial charge in [-0.05, 0) is 99.7 Å². The van der Waals surface area contributed by atoms with Crippen molar-refractivity contribution in [3.63, 3.8) is 0 Å². The Balaban J connectivity index is 0.000000481. The number of amides is 2. The van der Waals surface area contributed by atoms with E-state index in [-0.39, 0.29) is 5.91 Å². The van der Waals surface area contributed by atoms with Crippen molar-refractivity contribution in [2.45, 2.75) is 59.8 Å². The summed E-state index contributed by atoms with van der Waals surface area (Å²) in [4.78, 5) is 26.7. The van der Waals surface area contributed by atoms with Crippen molar-refractivity contribution in [2.24, 2.45) is 0 Å². The lowest BCUT2D eigenvalue weighted by Crippen LogP contribution is -2.21. The van der Waals surface area contributed by atoms with Gasteiger partial charge >= 0.3 is 0 Å². The fraction of sp³-hybridized carbons (Fsp3) is 0.375. The highest BCUT2D eigenvalue weighted by Gasteiger charge is 2.28. The van der Waals surface area contributed by atoms with E-state index in [0.717, 1.165) is 35.4 Å². The van der Waals surface area contributed by atoms with E-state index in [4.69, 9.17) is 11.6 Å². The number of aromatic nitrogens is 1. The number of hydrogen-bond acceptors (Lipinski definition) is 3. The third-order valence-corrected chi connectivity index (χ3v) is 7.31. The molecular formula is C32H40ClFN4O2. The number of fused-ring (bicyclic) bond motifs is 1. The van der Waals surface area contributed by atoms with Crippen LogP contribution in [0.15, 0.2) is 36.4 Å². The highest BCUT2D eigenvalue weighted by atomic mass is 35.5. The first-order chi connectivity index (χ1) is 19.4. The summed E-state index contributed by atoms with van der Waals surface area (Å²) in [6.45, 7) is 11.1. The van der Waals surface area contributed by atoms with E-state index in [1.54, 1.807) is 24.3 Å². The molecular weight excluding hydrogens is 527 g/mol. The Labute approximate surface area is 241 Å². The second kappa shape index (κ2) is 15.4. The van der Waals surface area contributed by atoms with Gasteiger partial charge < -0.3 is 20.9 Å². The van der Waals surface area contributed by atoms with Crippen LogP contribution in [-0.4, -0.2) is 36.9 Å². The summed E-state index contributed by atoms with van der Waals surface area (Å²) in [7, 11) is 0. The number of halogens is 2. The molecule has 1 aromatic heterocycles. The Morgan fingerprint density at radius 3 is 2.40 bits per heavy atom. The van der Waals surface area contributed by atoms with Crippen molar-refractivity contribution in [3.8, 4) is 11.1 Å². The predicted octanol–water partition coefficient (Wildman–Crippen LogP) is 7.05. The van der Waals surface area contributed by atoms with Crippen LogP contribution in [0.4, 0.5) is 10.1 Å². The fourth-order valence-electron chi connectivity index (χ4n) is 4.86. The van der Waals surface area contributed by atoms with Crippen LogP contribution in [0.5, 0.6) is 0 Å². The zero-order chi connectivity index (χ0) is 29.1. The van der Waals surface area contributed by atoms with Gasteiger partial charge in [-0.3, -0.25) is 9.59 Å². The van der Waals surface area contributed by atoms with Crippen LogP contribution in [0.1, 0.15) is 67.6 Å². The summed E-state index contributed by atoms with van der Waals surface area (Å²) in [6, 6.07) is 9.94. The van der Waals surface area contributed by atoms with Gasteiger partial charge in [0.25, 0.3) is 5.91 Å². The van der Waals surface area contributed by atoms with Crippen molar-refractivity contribution in [3.05, 3.63) is 75.3 Å². The van der Waals surface area contributed by atoms with Crippen LogP contribution in [0.25, 0.3) is 22.8 Å². The standard InChI is InChI=1S/C25H23ClFN3O2.C5H11N.C2H6/c1-14-15(2)23(29-21(14)7-4-10-28-13-31)12-19-24-18(5-3-6-22(24)30-25(19)32)17-9-8-16(26)11-20(17)27;1-2-4-6-5-3-1;1-2/h3,5-6,8-9,11-13,29H,4,7,10H2,1-2H3,(H,28,31)(H,30,32);6H,1-5H2;1-2H3/b19-12-;;. The van der Waals surface area contributed by atoms with Crippen LogP contribution in [0.2, 0.25) is 5.02 Å². The first-order valence-electron chi connectivity index (χ1n) is 14.1. The number of H-pyrrole nitrogens is 1. The molecule has 6 nitrogen and oxygen atoms in total. The summed E-state index contributed by atoms with van der Waals surface area (Å²) in [5, 5.41) is 9.16. The Kier molecular flexibility index (Phi) is 12.0. The number of nitrogens with one attached hydrogen (secondary N) is 4. The second-order valence-corrected chi connectivity index (χ2v) is 10.1. The first kappa shape index (κ1) is 31.1. The maximum absolute atomic E-state index is 14.7. The van der Waals surface area contributed by atoms with Crippen LogP contribution in [0, 0.1) is 19.7 Å². The summed E-state index contributed by atoms with van der Waals surface area (Å²) in [6.07, 6.45) is 8.32. The molecule has 8 heteroatoms. The van der Waals surface area contributed by atoms with Crippen molar-refractivity contribution in [1.29, 1.82) is 0 Å². The van der Waals surface area contributed by atoms with Gasteiger partial charge in [-0.25, -0.2) is 4.39 Å². The van der Waals surface area contributed by atoms with Crippen LogP contribution < -0.4 is 16.0 Å². The summed E-state index contributed by atoms with van der Waals surface area (Å²) in [5.41, 5.74) is 6.88. The minimum Gasteiger partial charge on any atom is -0.359 e. The lowest BCUT2D eigenvalue weighted by atomic mass is 9.94. The molecule has 214 valence electrons. The number of rotatable bonds is 7. The van der Waals surface area contributed by atoms with Crippen molar-refractivity contribution >= 4 is 41.3 Å². The zero-order valence-corrected chi connectivity index (χ0v) is 24.6. The van der Waals surface area contributed by atoms with Gasteiger partial charge in [0.2, 0.25) is 6.41 Å². The first-order valence-corrected chi connectivity index (χ1v) is 14.5. The fourth-order valence-corrected chi connectivity index (χ4v) is 5.02. The monoisotopic (exact) mass is 566 g/mol. The Hall–Kier alpha value is -3.42. The zero-order valence-electron chi connectivity index (χ0n) is 23.8. The van der Waals surface area contributed by atoms with E-state index in [1.807, 2.05) is 39.8 Å². The molecule has 3 aromatic rings. The summed E-state index contributed by atoms with van der Waals surface area (Å²) < 4.78 is 14.7. The van der Waals surface area contributed by atoms with Crippen molar-refractivity contribution < 1.29 is 14.0 Å². The molecule has 0 radical (unpaired) electrons. The Morgan fingerprint density at radius 1 is 1.02 bits per heavy atom. The predicted molar refractivity (Wildman–Crippen MR) is 164 cm³/mol. The van der Waals surface area contributed by atoms with Crippen LogP contribution >= 0.6 is 11.6 Å². The van der Waals surface area contributed by atoms with E-state index in [0.29, 0.717) is 45.9 Å². The largest absolute Gasteiger partial charge is 0.359 e. The Morgan fingerprint density at radius 2 is 1.77 bits per heavy atom. The molecule has 3 heterocycles. The third kappa shape index (κ3) is 7.61. The maximum atomic E-state index is 14.7. The molecule has 0 bridgehead atoms. The molecule has 0 spiro atoms. The molecule has 40 heavy (non-hydrogen) atoms. The number of aromatic amines is 1. The third-order valence-electron chi connectivity index (χ3n) is 7.08. The van der Waals surface area contributed by atoms with E-state index in [2.05, 4.69) is 20.9 Å². The molecule has 1 saturated heterocycles. The van der Waals surface area contributed by atoms with Gasteiger partial charge in [-0.1, -0.05) is 44.0 Å². The van der Waals surface area contributed by atoms with Crippen LogP contribution in [0.3, 0.4) is 0 Å². The van der Waals surface area contributed by atoms with E-state index >= 15 is 0 Å². The molecule has 2 aromatic carbocycles. The lowest BCUT2D eigenvalue weighted by Gasteiger charge is -2.10. The molecule has 2 amide bonds. The van der Waals surface area contributed by atoms with Gasteiger partial charge in [-0.15, -0.1) is 0 Å². The van der Waals surface area contributed by atoms with Gasteiger partial charge in [-0.2, -0.15) is 0 Å².